The van der Waals surface area contributed by atoms with Gasteiger partial charge in [-0.05, 0) is 25.4 Å². The van der Waals surface area contributed by atoms with Crippen molar-refractivity contribution in [2.75, 3.05) is 18.6 Å². The summed E-state index contributed by atoms with van der Waals surface area (Å²) in [6.45, 7) is 1.94. The molecular weight excluding hydrogens is 199 g/mol. The second-order valence-electron chi connectivity index (χ2n) is 3.00. The van der Waals surface area contributed by atoms with E-state index in [-0.39, 0.29) is 12.6 Å². The first-order chi connectivity index (χ1) is 5.95. The molecule has 5 heteroatoms. The molecule has 0 aromatic heterocycles. The van der Waals surface area contributed by atoms with E-state index in [1.165, 1.54) is 0 Å². The van der Waals surface area contributed by atoms with Gasteiger partial charge in [-0.2, -0.15) is 24.9 Å². The number of nitrogens with one attached hydrogen (secondary N) is 1. The van der Waals surface area contributed by atoms with Crippen molar-refractivity contribution in [3.63, 3.8) is 0 Å². The van der Waals surface area contributed by atoms with E-state index in [4.69, 9.17) is 0 Å². The molecular formula is C8H16F3NS. The number of alkyl halides is 3. The fraction of sp³-hybridized carbons (Fsp3) is 1.00. The summed E-state index contributed by atoms with van der Waals surface area (Å²) >= 11 is 1.71. The van der Waals surface area contributed by atoms with Crippen LogP contribution in [0, 0.1) is 0 Å². The van der Waals surface area contributed by atoms with Gasteiger partial charge in [0.05, 0.1) is 6.42 Å². The van der Waals surface area contributed by atoms with E-state index in [1.54, 1.807) is 11.8 Å². The molecule has 0 heterocycles. The van der Waals surface area contributed by atoms with Crippen molar-refractivity contribution in [2.45, 2.75) is 32.0 Å². The van der Waals surface area contributed by atoms with Crippen molar-refractivity contribution < 1.29 is 13.2 Å². The molecule has 0 bridgehead atoms. The zero-order chi connectivity index (χ0) is 10.3. The van der Waals surface area contributed by atoms with Crippen molar-refractivity contribution in [1.82, 2.24) is 5.32 Å². The Morgan fingerprint density at radius 3 is 2.46 bits per heavy atom. The molecule has 1 nitrogen and oxygen atoms in total. The Labute approximate surface area is 81.5 Å². The third-order valence-electron chi connectivity index (χ3n) is 1.66. The van der Waals surface area contributed by atoms with Crippen molar-refractivity contribution >= 4 is 11.8 Å². The number of hydrogen-bond acceptors (Lipinski definition) is 2. The molecule has 0 radical (unpaired) electrons. The molecule has 0 aliphatic rings. The average Bonchev–Trinajstić information content (AvgIpc) is 1.98. The summed E-state index contributed by atoms with van der Waals surface area (Å²) in [5.74, 6) is 0.986. The smallest absolute Gasteiger partial charge is 0.314 e. The van der Waals surface area contributed by atoms with Crippen LogP contribution >= 0.6 is 11.8 Å². The van der Waals surface area contributed by atoms with Crippen LogP contribution in [0.5, 0.6) is 0 Å². The minimum Gasteiger partial charge on any atom is -0.314 e. The van der Waals surface area contributed by atoms with E-state index in [1.807, 2.05) is 13.2 Å². The van der Waals surface area contributed by atoms with Gasteiger partial charge in [-0.1, -0.05) is 0 Å². The lowest BCUT2D eigenvalue weighted by molar-refractivity contribution is -0.133. The first-order valence-corrected chi connectivity index (χ1v) is 5.64. The van der Waals surface area contributed by atoms with Crippen LogP contribution in [0.25, 0.3) is 0 Å². The molecule has 1 atom stereocenters. The Morgan fingerprint density at radius 2 is 2.00 bits per heavy atom. The molecule has 0 aliphatic carbocycles. The molecule has 0 rings (SSSR count). The molecule has 0 saturated carbocycles. The maximum Gasteiger partial charge on any atom is 0.390 e. The van der Waals surface area contributed by atoms with E-state index in [0.717, 1.165) is 12.2 Å². The van der Waals surface area contributed by atoms with Crippen LogP contribution in [-0.2, 0) is 0 Å². The third kappa shape index (κ3) is 10.0. The summed E-state index contributed by atoms with van der Waals surface area (Å²) in [6.07, 6.45) is -1.87. The van der Waals surface area contributed by atoms with Gasteiger partial charge in [0, 0.05) is 12.6 Å². The number of thioether (sulfide) groups is 1. The van der Waals surface area contributed by atoms with Crippen molar-refractivity contribution in [3.05, 3.63) is 0 Å². The first kappa shape index (κ1) is 13.1. The van der Waals surface area contributed by atoms with Gasteiger partial charge in [0.15, 0.2) is 0 Å². The van der Waals surface area contributed by atoms with Crippen LogP contribution in [-0.4, -0.2) is 30.8 Å². The zero-order valence-electron chi connectivity index (χ0n) is 7.95. The van der Waals surface area contributed by atoms with Crippen LogP contribution in [0.3, 0.4) is 0 Å². The van der Waals surface area contributed by atoms with E-state index in [9.17, 15) is 13.2 Å². The quantitative estimate of drug-likeness (QED) is 0.731. The van der Waals surface area contributed by atoms with Crippen LogP contribution in [0.2, 0.25) is 0 Å². The molecule has 0 saturated heterocycles. The SMILES string of the molecule is CSCCC(C)NCCC(F)(F)F. The molecule has 13 heavy (non-hydrogen) atoms. The zero-order valence-corrected chi connectivity index (χ0v) is 8.76. The van der Waals surface area contributed by atoms with Gasteiger partial charge < -0.3 is 5.32 Å². The second-order valence-corrected chi connectivity index (χ2v) is 3.99. The van der Waals surface area contributed by atoms with Crippen LogP contribution < -0.4 is 5.32 Å². The molecule has 0 spiro atoms. The topological polar surface area (TPSA) is 12.0 Å². The largest absolute Gasteiger partial charge is 0.390 e. The Morgan fingerprint density at radius 1 is 1.38 bits per heavy atom. The summed E-state index contributed by atoms with van der Waals surface area (Å²) in [5, 5.41) is 2.84. The van der Waals surface area contributed by atoms with Crippen molar-refractivity contribution in [3.8, 4) is 0 Å². The molecule has 0 aliphatic heterocycles. The van der Waals surface area contributed by atoms with Gasteiger partial charge in [0.2, 0.25) is 0 Å². The predicted molar refractivity (Wildman–Crippen MR) is 51.1 cm³/mol. The van der Waals surface area contributed by atoms with Gasteiger partial charge in [-0.25, -0.2) is 0 Å². The maximum absolute atomic E-state index is 11.7. The fourth-order valence-electron chi connectivity index (χ4n) is 0.857. The summed E-state index contributed by atoms with van der Waals surface area (Å²) in [5.41, 5.74) is 0. The van der Waals surface area contributed by atoms with Gasteiger partial charge in [-0.15, -0.1) is 0 Å². The average molecular weight is 215 g/mol. The lowest BCUT2D eigenvalue weighted by Crippen LogP contribution is -2.30. The highest BCUT2D eigenvalue weighted by Gasteiger charge is 2.26. The highest BCUT2D eigenvalue weighted by atomic mass is 32.2. The second kappa shape index (κ2) is 6.54. The van der Waals surface area contributed by atoms with Gasteiger partial charge in [-0.3, -0.25) is 0 Å². The van der Waals surface area contributed by atoms with Crippen LogP contribution in [0.1, 0.15) is 19.8 Å². The molecule has 0 aromatic rings. The molecule has 1 unspecified atom stereocenters. The standard InChI is InChI=1S/C8H16F3NS/c1-7(3-6-13-2)12-5-4-8(9,10)11/h7,12H,3-6H2,1-2H3. The van der Waals surface area contributed by atoms with E-state index >= 15 is 0 Å². The van der Waals surface area contributed by atoms with Crippen LogP contribution in [0.15, 0.2) is 0 Å². The minimum atomic E-state index is -4.04. The lowest BCUT2D eigenvalue weighted by atomic mass is 10.2. The summed E-state index contributed by atoms with van der Waals surface area (Å²) in [6, 6.07) is 0.176. The minimum absolute atomic E-state index is 0.0268. The summed E-state index contributed by atoms with van der Waals surface area (Å²) in [4.78, 5) is 0. The van der Waals surface area contributed by atoms with Crippen molar-refractivity contribution in [2.24, 2.45) is 0 Å². The molecule has 0 aromatic carbocycles. The van der Waals surface area contributed by atoms with Crippen LogP contribution in [0.4, 0.5) is 13.2 Å². The van der Waals surface area contributed by atoms with E-state index < -0.39 is 12.6 Å². The Bertz CT molecular complexity index is 127. The number of halogens is 3. The predicted octanol–water partition coefficient (Wildman–Crippen LogP) is 2.67. The molecule has 1 N–H and O–H groups in total. The van der Waals surface area contributed by atoms with Gasteiger partial charge >= 0.3 is 6.18 Å². The molecule has 0 fully saturated rings. The third-order valence-corrected chi connectivity index (χ3v) is 2.30. The molecule has 0 amide bonds. The van der Waals surface area contributed by atoms with Gasteiger partial charge in [0.25, 0.3) is 0 Å². The monoisotopic (exact) mass is 215 g/mol. The number of hydrogen-bond donors (Lipinski definition) is 1. The lowest BCUT2D eigenvalue weighted by Gasteiger charge is -2.13. The van der Waals surface area contributed by atoms with E-state index in [2.05, 4.69) is 5.32 Å². The van der Waals surface area contributed by atoms with Gasteiger partial charge in [0.1, 0.15) is 0 Å². The number of rotatable bonds is 6. The van der Waals surface area contributed by atoms with E-state index in [0.29, 0.717) is 0 Å². The van der Waals surface area contributed by atoms with Crippen molar-refractivity contribution in [1.29, 1.82) is 0 Å². The Balaban J connectivity index is 3.31. The normalized spacial score (nSPS) is 14.5. The maximum atomic E-state index is 11.7. The highest BCUT2D eigenvalue weighted by Crippen LogP contribution is 2.18. The highest BCUT2D eigenvalue weighted by molar-refractivity contribution is 7.98. The summed E-state index contributed by atoms with van der Waals surface area (Å²) < 4.78 is 35.1. The first-order valence-electron chi connectivity index (χ1n) is 4.25. The Hall–Kier alpha value is 0.100. The summed E-state index contributed by atoms with van der Waals surface area (Å²) in [7, 11) is 0. The Kier molecular flexibility index (Phi) is 6.59. The molecule has 80 valence electrons. The fourth-order valence-corrected chi connectivity index (χ4v) is 1.45.